The van der Waals surface area contributed by atoms with Crippen LogP contribution in [0.2, 0.25) is 0 Å². The van der Waals surface area contributed by atoms with Crippen LogP contribution in [0.4, 0.5) is 35.7 Å². The van der Waals surface area contributed by atoms with Crippen LogP contribution in [0.1, 0.15) is 182 Å². The maximum atomic E-state index is 12.0. The normalized spacial score (nSPS) is 16.0. The number of carbonyl (C=O) groups is 2. The number of aliphatic imine (C=N–C) groups is 1. The second-order valence-corrected chi connectivity index (χ2v) is 37.5. The van der Waals surface area contributed by atoms with Gasteiger partial charge in [0.25, 0.3) is 0 Å². The van der Waals surface area contributed by atoms with Gasteiger partial charge in [0.15, 0.2) is 5.71 Å². The number of aryl methyl sites for hydroxylation is 1. The third kappa shape index (κ3) is 34.0. The van der Waals surface area contributed by atoms with Gasteiger partial charge in [-0.15, -0.1) is 0 Å². The van der Waals surface area contributed by atoms with Crippen LogP contribution >= 0.6 is 0 Å². The van der Waals surface area contributed by atoms with E-state index in [0.29, 0.717) is 52.4 Å². The summed E-state index contributed by atoms with van der Waals surface area (Å²) in [5.41, 5.74) is 9.16. The van der Waals surface area contributed by atoms with Crippen molar-refractivity contribution in [1.29, 1.82) is 0 Å². The van der Waals surface area contributed by atoms with Crippen LogP contribution in [0.15, 0.2) is 211 Å². The quantitative estimate of drug-likeness (QED) is 0.00900. The van der Waals surface area contributed by atoms with Crippen molar-refractivity contribution in [3.63, 3.8) is 0 Å². The number of quaternary nitrogens is 1. The third-order valence-electron chi connectivity index (χ3n) is 20.9. The minimum absolute atomic E-state index is 0. The van der Waals surface area contributed by atoms with Crippen LogP contribution < -0.4 is 93.9 Å². The minimum atomic E-state index is -4.79. The Labute approximate surface area is 778 Å². The Balaban J connectivity index is 0.000000460. The first-order chi connectivity index (χ1) is 57.1. The summed E-state index contributed by atoms with van der Waals surface area (Å²) in [6, 6.07) is 45.1. The molecule has 4 heterocycles. The zero-order chi connectivity index (χ0) is 90.8. The Kier molecular flexibility index (Phi) is 44.7. The number of benzene rings is 6. The van der Waals surface area contributed by atoms with E-state index < -0.39 is 81.2 Å². The molecule has 35 heteroatoms. The molecule has 4 aromatic rings. The average Bonchev–Trinajstić information content (AvgIpc) is 1.65. The van der Waals surface area contributed by atoms with Crippen molar-refractivity contribution in [3.05, 3.63) is 232 Å². The molecule has 0 bridgehead atoms. The predicted octanol–water partition coefficient (Wildman–Crippen LogP) is 5.87. The van der Waals surface area contributed by atoms with E-state index >= 15 is 0 Å². The number of rotatable bonds is 30. The van der Waals surface area contributed by atoms with Crippen LogP contribution in [0.5, 0.6) is 0 Å². The molecule has 0 saturated heterocycles. The molecule has 24 nitrogen and oxygen atoms in total. The van der Waals surface area contributed by atoms with Gasteiger partial charge in [0, 0.05) is 109 Å². The fourth-order valence-corrected chi connectivity index (χ4v) is 16.8. The molecule has 125 heavy (non-hydrogen) atoms. The Bertz CT molecular complexity index is 5690. The van der Waals surface area contributed by atoms with E-state index in [1.807, 2.05) is 136 Å². The third-order valence-corrected chi connectivity index (χ3v) is 24.2. The van der Waals surface area contributed by atoms with Crippen LogP contribution in [0.3, 0.4) is 0 Å². The number of ether oxygens (including phenoxy) is 1. The summed E-state index contributed by atoms with van der Waals surface area (Å²) in [6.45, 7) is 35.6. The Morgan fingerprint density at radius 1 is 0.608 bits per heavy atom. The monoisotopic (exact) mass is 1830 g/mol. The first-order valence-electron chi connectivity index (χ1n) is 40.4. The van der Waals surface area contributed by atoms with E-state index in [0.717, 1.165) is 82.7 Å². The standard InChI is InChI=1S/C38H48N2O9S2.C19H27NO8S2.C18H26NO.C15H14N2.BF3.FH.2Na/c1-7-39(8-2)27-17-19-30-31(37(3,4)5)25-28(49-34(30)24-27)14-10-9-11-15-35-38(6,21-12-16-36(41)42)32-26-29(51(46,47)48)18-20-33(32)40(35)22-13-23-50(43,44)45;1-4-28-18(21)7-5-10-19(3)14(2)20(11-6-12-29(22,23)24)17-9-8-15(13-16(17)19)30(25,26)27;1-7-19(8-2)14-9-10-15-16(18(4,5)6)11-13(3)20-17(15)12-14;1-3-8-14(9-4-1)16-12-7-13-17-15-10-5-2-6-11-15;2-1(3)4;;;/h9-11,14-15,17-20,24-26H,7-8,12-13,16,21-23H2,1-6H3,(H2-,41,42,43,44,45,46,47,48);8-9,13H,4-7,10-12H2,1-3H3,(H-,22,23,24,25,26,27);9-12H,7-8H2,1-6H3;1-13,16H;;1H;;/q;;+1;;;;2*+1/p-2/b;;;12-7+,17-13?;;;;. The van der Waals surface area contributed by atoms with Gasteiger partial charge in [0.1, 0.15) is 87.4 Å². The van der Waals surface area contributed by atoms with Crippen LogP contribution in [0, 0.1) is 6.92 Å². The molecule has 3 atom stereocenters. The number of carboxylic acids is 1. The Morgan fingerprint density at radius 2 is 1.10 bits per heavy atom. The zero-order valence-corrected chi connectivity index (χ0v) is 81.7. The molecule has 668 valence electrons. The molecule has 0 spiro atoms. The number of hydrogen-bond acceptors (Lipinski definition) is 19. The smallest absolute Gasteiger partial charge is 1.00 e. The topological polar surface area (TPSA) is 357 Å². The molecule has 0 fully saturated rings. The summed E-state index contributed by atoms with van der Waals surface area (Å²) >= 11 is 0. The molecular formula is C90H114BF4N6Na2O18S4+. The molecule has 3 unspecified atom stereocenters. The molecule has 2 aliphatic carbocycles. The van der Waals surface area contributed by atoms with Crippen molar-refractivity contribution in [3.8, 4) is 22.6 Å². The number of allylic oxidation sites excluding steroid dienone is 6. The maximum Gasteiger partial charge on any atom is 1.00 e. The van der Waals surface area contributed by atoms with E-state index in [1.165, 1.54) is 52.9 Å². The molecule has 3 N–H and O–H groups in total. The number of halogens is 4. The first kappa shape index (κ1) is 111. The molecule has 6 aliphatic rings. The molecular weight excluding hydrogens is 1710 g/mol. The fourth-order valence-electron chi connectivity index (χ4n) is 14.8. The number of para-hydroxylation sites is 2. The van der Waals surface area contributed by atoms with Gasteiger partial charge in [-0.3, -0.25) is 32.4 Å². The van der Waals surface area contributed by atoms with Crippen LogP contribution in [-0.4, -0.2) is 150 Å². The van der Waals surface area contributed by atoms with Gasteiger partial charge in [-0.25, -0.2) is 42.8 Å². The van der Waals surface area contributed by atoms with E-state index in [2.05, 4.69) is 131 Å². The van der Waals surface area contributed by atoms with Crippen LogP contribution in [-0.2, 0) is 76.5 Å². The van der Waals surface area contributed by atoms with Crippen molar-refractivity contribution in [2.24, 2.45) is 4.99 Å². The van der Waals surface area contributed by atoms with Gasteiger partial charge in [-0.2, -0.15) is 4.58 Å². The summed E-state index contributed by atoms with van der Waals surface area (Å²) in [5, 5.41) is 14.8. The molecule has 4 aromatic carbocycles. The van der Waals surface area contributed by atoms with Gasteiger partial charge in [-0.05, 0) is 194 Å². The number of nitrogens with one attached hydrogen (secondary N) is 2. The molecule has 0 radical (unpaired) electrons. The minimum Gasteiger partial charge on any atom is -1.00 e. The second-order valence-electron chi connectivity index (χ2n) is 31.7. The average molecular weight is 1830 g/mol. The second kappa shape index (κ2) is 50.2. The summed E-state index contributed by atoms with van der Waals surface area (Å²) in [5.74, 6) is 0.985. The number of esters is 1. The number of nitrogens with zero attached hydrogens (tertiary/aromatic N) is 4. The molecule has 0 saturated carbocycles. The van der Waals surface area contributed by atoms with Crippen molar-refractivity contribution < 1.29 is 166 Å². The number of hydrogen-bond donors (Lipinski definition) is 3. The first-order valence-corrected chi connectivity index (χ1v) is 46.4. The number of anilines is 1. The largest absolute Gasteiger partial charge is 1.00 e. The van der Waals surface area contributed by atoms with Crippen molar-refractivity contribution in [2.75, 3.05) is 62.7 Å². The maximum absolute atomic E-state index is 12.0. The van der Waals surface area contributed by atoms with Crippen molar-refractivity contribution >= 4 is 101 Å². The number of carboxylic acid groups (broad SMARTS) is 1. The van der Waals surface area contributed by atoms with Gasteiger partial charge in [-0.1, -0.05) is 96.2 Å². The Morgan fingerprint density at radius 3 is 1.62 bits per heavy atom. The van der Waals surface area contributed by atoms with Crippen molar-refractivity contribution in [1.82, 2.24) is 9.15 Å². The van der Waals surface area contributed by atoms with E-state index in [-0.39, 0.29) is 137 Å². The zero-order valence-electron chi connectivity index (χ0n) is 74.4. The summed E-state index contributed by atoms with van der Waals surface area (Å²) < 4.78 is 190. The fraction of sp³-hybridized carbons (Fsp3) is 0.400. The molecule has 0 aromatic heterocycles. The van der Waals surface area contributed by atoms with Gasteiger partial charge in [0.2, 0.25) is 16.4 Å². The van der Waals surface area contributed by atoms with Crippen LogP contribution in [0.25, 0.3) is 28.7 Å². The van der Waals surface area contributed by atoms with E-state index in [9.17, 15) is 79.5 Å². The van der Waals surface area contributed by atoms with Gasteiger partial charge in [0.05, 0.1) is 71.8 Å². The summed E-state index contributed by atoms with van der Waals surface area (Å²) in [7, 11) is -22.0. The number of carbonyl (C=O) groups excluding carboxylic acids is 1. The Hall–Kier alpha value is -7.84. The molecule has 10 rings (SSSR count). The summed E-state index contributed by atoms with van der Waals surface area (Å²) in [6.07, 6.45) is 16.4. The van der Waals surface area contributed by atoms with Gasteiger partial charge < -0.3 is 46.9 Å². The number of fused-ring (bicyclic) bond motifs is 4. The SMILES string of the molecule is C(/C=C/Nc1ccccc1)=Nc1ccccc1.CCOC(=O)CCCC1(C)C(C)=[N+](CCCS(=O)(=O)[O-])c2ccc(S(=O)(=O)[O-])cc21.CC[N+](CC)=c1ccc2c(C(C)(C)C)cc(/C=C/C=C/C=C3\[NH+](CCCS(=O)(=O)[O-])c4ccc(S(=O)(=O)[O-])cc4C3(C)CCCC(=O)O)oc-2c1.CC[N+](CC)=c1ccc2c(C(C)(C)C)cc(C)oc-2c1.FB(F)F.[F-].[Na+].[Na+]. The molecule has 4 aliphatic heterocycles. The molecule has 0 amide bonds. The van der Waals surface area contributed by atoms with Crippen molar-refractivity contribution in [2.45, 2.75) is 187 Å². The van der Waals surface area contributed by atoms with E-state index in [4.69, 9.17) is 13.6 Å². The van der Waals surface area contributed by atoms with Gasteiger partial charge >= 0.3 is 78.6 Å². The van der Waals surface area contributed by atoms with E-state index in [1.54, 1.807) is 19.2 Å². The summed E-state index contributed by atoms with van der Waals surface area (Å²) in [4.78, 5) is 27.3. The number of aliphatic carboxylic acids is 1. The predicted molar refractivity (Wildman–Crippen MR) is 469 cm³/mol.